The van der Waals surface area contributed by atoms with Crippen molar-refractivity contribution >= 4 is 5.69 Å². The number of benzene rings is 1. The maximum atomic E-state index is 3.49. The van der Waals surface area contributed by atoms with Crippen LogP contribution in [0.5, 0.6) is 0 Å². The van der Waals surface area contributed by atoms with Gasteiger partial charge in [0.15, 0.2) is 0 Å². The molecule has 1 saturated heterocycles. The lowest BCUT2D eigenvalue weighted by Crippen LogP contribution is -2.47. The zero-order chi connectivity index (χ0) is 14.8. The first-order valence-electron chi connectivity index (χ1n) is 8.45. The molecule has 0 spiro atoms. The van der Waals surface area contributed by atoms with Crippen molar-refractivity contribution in [1.29, 1.82) is 0 Å². The molecule has 0 atom stereocenters. The van der Waals surface area contributed by atoms with Crippen molar-refractivity contribution in [3.8, 4) is 0 Å². The van der Waals surface area contributed by atoms with E-state index in [2.05, 4.69) is 54.1 Å². The molecular formula is C18H29N3. The molecule has 1 aliphatic heterocycles. The van der Waals surface area contributed by atoms with E-state index in [4.69, 9.17) is 0 Å². The second kappa shape index (κ2) is 6.37. The Morgan fingerprint density at radius 2 is 1.86 bits per heavy atom. The third-order valence-corrected chi connectivity index (χ3v) is 4.69. The second-order valence-electron chi connectivity index (χ2n) is 6.91. The van der Waals surface area contributed by atoms with Crippen LogP contribution in [0.15, 0.2) is 18.2 Å². The monoisotopic (exact) mass is 287 g/mol. The molecule has 21 heavy (non-hydrogen) atoms. The number of nitrogens with zero attached hydrogens (tertiary/aromatic N) is 2. The molecule has 3 heteroatoms. The minimum Gasteiger partial charge on any atom is -0.369 e. The van der Waals surface area contributed by atoms with Crippen molar-refractivity contribution in [2.75, 3.05) is 31.1 Å². The maximum Gasteiger partial charge on any atom is 0.0397 e. The molecule has 1 aliphatic carbocycles. The summed E-state index contributed by atoms with van der Waals surface area (Å²) in [5, 5.41) is 3.49. The minimum atomic E-state index is 0.542. The van der Waals surface area contributed by atoms with E-state index in [0.29, 0.717) is 6.04 Å². The Hall–Kier alpha value is -1.06. The second-order valence-corrected chi connectivity index (χ2v) is 6.91. The Kier molecular flexibility index (Phi) is 4.51. The molecule has 2 aliphatic rings. The zero-order valence-electron chi connectivity index (χ0n) is 13.7. The van der Waals surface area contributed by atoms with Crippen molar-refractivity contribution in [2.24, 2.45) is 0 Å². The topological polar surface area (TPSA) is 18.5 Å². The van der Waals surface area contributed by atoms with Gasteiger partial charge in [0.1, 0.15) is 0 Å². The molecule has 1 aromatic carbocycles. The fourth-order valence-electron chi connectivity index (χ4n) is 3.27. The van der Waals surface area contributed by atoms with Gasteiger partial charge in [0, 0.05) is 50.5 Å². The summed E-state index contributed by atoms with van der Waals surface area (Å²) in [6, 6.07) is 8.40. The van der Waals surface area contributed by atoms with E-state index in [9.17, 15) is 0 Å². The highest BCUT2D eigenvalue weighted by atomic mass is 15.3. The van der Waals surface area contributed by atoms with Crippen LogP contribution in [0.25, 0.3) is 0 Å². The molecule has 3 rings (SSSR count). The largest absolute Gasteiger partial charge is 0.369 e. The van der Waals surface area contributed by atoms with Crippen LogP contribution >= 0.6 is 0 Å². The van der Waals surface area contributed by atoms with Gasteiger partial charge >= 0.3 is 0 Å². The van der Waals surface area contributed by atoms with Crippen molar-refractivity contribution in [2.45, 2.75) is 52.2 Å². The molecule has 1 heterocycles. The Bertz CT molecular complexity index is 471. The normalized spacial score (nSPS) is 20.3. The van der Waals surface area contributed by atoms with Crippen LogP contribution in [0.1, 0.15) is 37.8 Å². The van der Waals surface area contributed by atoms with Gasteiger partial charge < -0.3 is 10.2 Å². The van der Waals surface area contributed by atoms with Crippen LogP contribution in [0.3, 0.4) is 0 Å². The van der Waals surface area contributed by atoms with Gasteiger partial charge in [-0.2, -0.15) is 0 Å². The average Bonchev–Trinajstić information content (AvgIpc) is 3.30. The van der Waals surface area contributed by atoms with E-state index in [1.165, 1.54) is 55.8 Å². The quantitative estimate of drug-likeness (QED) is 0.898. The van der Waals surface area contributed by atoms with Crippen molar-refractivity contribution < 1.29 is 0 Å². The number of hydrogen-bond acceptors (Lipinski definition) is 3. The van der Waals surface area contributed by atoms with Crippen molar-refractivity contribution in [3.63, 3.8) is 0 Å². The molecule has 1 N–H and O–H groups in total. The van der Waals surface area contributed by atoms with Gasteiger partial charge in [0.05, 0.1) is 0 Å². The molecule has 0 amide bonds. The molecule has 0 unspecified atom stereocenters. The number of nitrogens with one attached hydrogen (secondary N) is 1. The number of rotatable bonds is 5. The number of anilines is 1. The molecular weight excluding hydrogens is 258 g/mol. The summed E-state index contributed by atoms with van der Waals surface area (Å²) in [7, 11) is 0. The number of hydrogen-bond donors (Lipinski definition) is 1. The van der Waals surface area contributed by atoms with Crippen LogP contribution in [-0.2, 0) is 6.54 Å². The number of piperazine rings is 1. The fourth-order valence-corrected chi connectivity index (χ4v) is 3.27. The molecule has 1 saturated carbocycles. The first kappa shape index (κ1) is 14.9. The van der Waals surface area contributed by atoms with Crippen molar-refractivity contribution in [1.82, 2.24) is 10.2 Å². The smallest absolute Gasteiger partial charge is 0.0397 e. The highest BCUT2D eigenvalue weighted by molar-refractivity contribution is 5.54. The Morgan fingerprint density at radius 1 is 1.14 bits per heavy atom. The first-order chi connectivity index (χ1) is 10.1. The third kappa shape index (κ3) is 3.78. The molecule has 3 nitrogen and oxygen atoms in total. The molecule has 116 valence electrons. The van der Waals surface area contributed by atoms with E-state index in [-0.39, 0.29) is 0 Å². The summed E-state index contributed by atoms with van der Waals surface area (Å²) in [5.74, 6) is 0. The van der Waals surface area contributed by atoms with Crippen LogP contribution in [-0.4, -0.2) is 43.2 Å². The van der Waals surface area contributed by atoms with Crippen LogP contribution in [0.4, 0.5) is 5.69 Å². The van der Waals surface area contributed by atoms with E-state index in [1.807, 2.05) is 0 Å². The van der Waals surface area contributed by atoms with Crippen LogP contribution in [0.2, 0.25) is 0 Å². The summed E-state index contributed by atoms with van der Waals surface area (Å²) in [6.45, 7) is 12.4. The van der Waals surface area contributed by atoms with E-state index in [0.717, 1.165) is 12.6 Å². The summed E-state index contributed by atoms with van der Waals surface area (Å²) in [6.07, 6.45) is 2.85. The van der Waals surface area contributed by atoms with E-state index < -0.39 is 0 Å². The molecule has 2 fully saturated rings. The van der Waals surface area contributed by atoms with Crippen LogP contribution < -0.4 is 10.2 Å². The highest BCUT2D eigenvalue weighted by Crippen LogP contribution is 2.29. The van der Waals surface area contributed by atoms with E-state index >= 15 is 0 Å². The standard InChI is InChI=1S/C18H29N3/c1-14(2)19-13-16-4-7-18(15(3)12-16)21-10-8-20(9-11-21)17-5-6-17/h4,7,12,14,17,19H,5-6,8-11,13H2,1-3H3. The molecule has 1 aromatic rings. The number of aryl methyl sites for hydroxylation is 1. The summed E-state index contributed by atoms with van der Waals surface area (Å²) in [4.78, 5) is 5.24. The SMILES string of the molecule is Cc1cc(CNC(C)C)ccc1N1CCN(C2CC2)CC1. The predicted octanol–water partition coefficient (Wildman–Crippen LogP) is 2.78. The fraction of sp³-hybridized carbons (Fsp3) is 0.667. The van der Waals surface area contributed by atoms with Crippen LogP contribution in [0, 0.1) is 6.92 Å². The van der Waals surface area contributed by atoms with Gasteiger partial charge in [-0.1, -0.05) is 26.0 Å². The third-order valence-electron chi connectivity index (χ3n) is 4.69. The van der Waals surface area contributed by atoms with Gasteiger partial charge in [0.2, 0.25) is 0 Å². The molecule has 0 radical (unpaired) electrons. The lowest BCUT2D eigenvalue weighted by Gasteiger charge is -2.37. The lowest BCUT2D eigenvalue weighted by atomic mass is 10.1. The van der Waals surface area contributed by atoms with E-state index in [1.54, 1.807) is 0 Å². The van der Waals surface area contributed by atoms with Gasteiger partial charge in [-0.3, -0.25) is 4.90 Å². The first-order valence-corrected chi connectivity index (χ1v) is 8.45. The maximum absolute atomic E-state index is 3.49. The minimum absolute atomic E-state index is 0.542. The predicted molar refractivity (Wildman–Crippen MR) is 90.0 cm³/mol. The average molecular weight is 287 g/mol. The highest BCUT2D eigenvalue weighted by Gasteiger charge is 2.31. The summed E-state index contributed by atoms with van der Waals surface area (Å²) < 4.78 is 0. The van der Waals surface area contributed by atoms with Gasteiger partial charge in [0.25, 0.3) is 0 Å². The summed E-state index contributed by atoms with van der Waals surface area (Å²) >= 11 is 0. The molecule has 0 aromatic heterocycles. The van der Waals surface area contributed by atoms with Gasteiger partial charge in [-0.25, -0.2) is 0 Å². The van der Waals surface area contributed by atoms with Gasteiger partial charge in [-0.15, -0.1) is 0 Å². The zero-order valence-corrected chi connectivity index (χ0v) is 13.7. The molecule has 0 bridgehead atoms. The Morgan fingerprint density at radius 3 is 2.43 bits per heavy atom. The summed E-state index contributed by atoms with van der Waals surface area (Å²) in [5.41, 5.74) is 4.23. The lowest BCUT2D eigenvalue weighted by molar-refractivity contribution is 0.248. The Labute approximate surface area is 129 Å². The van der Waals surface area contributed by atoms with Crippen molar-refractivity contribution in [3.05, 3.63) is 29.3 Å². The van der Waals surface area contributed by atoms with Gasteiger partial charge in [-0.05, 0) is 37.0 Å². The Balaban J connectivity index is 1.60.